The molecule has 0 atom stereocenters. The SMILES string of the molecule is COc1ccc(NC(=O)c2ccc(NC(=O)c3ccc(N4CCCC4=O)cc3)cc2)cc1. The highest BCUT2D eigenvalue weighted by Gasteiger charge is 2.21. The number of anilines is 3. The van der Waals surface area contributed by atoms with Crippen molar-refractivity contribution in [2.45, 2.75) is 12.8 Å². The molecule has 0 bridgehead atoms. The first-order valence-corrected chi connectivity index (χ1v) is 10.3. The number of hydrogen-bond acceptors (Lipinski definition) is 4. The van der Waals surface area contributed by atoms with E-state index < -0.39 is 0 Å². The number of methoxy groups -OCH3 is 1. The molecule has 7 heteroatoms. The summed E-state index contributed by atoms with van der Waals surface area (Å²) in [4.78, 5) is 38.6. The van der Waals surface area contributed by atoms with Crippen molar-refractivity contribution in [2.75, 3.05) is 29.2 Å². The molecule has 7 nitrogen and oxygen atoms in total. The molecule has 1 saturated heterocycles. The van der Waals surface area contributed by atoms with Gasteiger partial charge in [0.2, 0.25) is 5.91 Å². The summed E-state index contributed by atoms with van der Waals surface area (Å²) >= 11 is 0. The lowest BCUT2D eigenvalue weighted by Gasteiger charge is -2.15. The average Bonchev–Trinajstić information content (AvgIpc) is 3.26. The molecule has 0 radical (unpaired) electrons. The van der Waals surface area contributed by atoms with E-state index in [2.05, 4.69) is 10.6 Å². The van der Waals surface area contributed by atoms with Crippen LogP contribution in [0, 0.1) is 0 Å². The molecule has 3 aromatic carbocycles. The fourth-order valence-corrected chi connectivity index (χ4v) is 3.50. The predicted octanol–water partition coefficient (Wildman–Crippen LogP) is 4.33. The van der Waals surface area contributed by atoms with Gasteiger partial charge in [0.1, 0.15) is 5.75 Å². The van der Waals surface area contributed by atoms with Gasteiger partial charge in [-0.15, -0.1) is 0 Å². The topological polar surface area (TPSA) is 87.7 Å². The Morgan fingerprint density at radius 1 is 0.781 bits per heavy atom. The van der Waals surface area contributed by atoms with Crippen molar-refractivity contribution in [2.24, 2.45) is 0 Å². The summed E-state index contributed by atoms with van der Waals surface area (Å²) in [5.74, 6) is 0.306. The first-order chi connectivity index (χ1) is 15.5. The number of rotatable bonds is 6. The van der Waals surface area contributed by atoms with Gasteiger partial charge in [-0.25, -0.2) is 0 Å². The molecule has 0 aromatic heterocycles. The molecule has 0 unspecified atom stereocenters. The second-order valence-corrected chi connectivity index (χ2v) is 7.41. The van der Waals surface area contributed by atoms with Gasteiger partial charge in [-0.1, -0.05) is 0 Å². The largest absolute Gasteiger partial charge is 0.497 e. The van der Waals surface area contributed by atoms with Gasteiger partial charge in [0.25, 0.3) is 11.8 Å². The Bertz CT molecular complexity index is 1120. The summed E-state index contributed by atoms with van der Waals surface area (Å²) in [7, 11) is 1.58. The van der Waals surface area contributed by atoms with Crippen LogP contribution in [0.2, 0.25) is 0 Å². The number of nitrogens with zero attached hydrogens (tertiary/aromatic N) is 1. The van der Waals surface area contributed by atoms with Crippen LogP contribution in [0.1, 0.15) is 33.6 Å². The molecule has 3 amide bonds. The summed E-state index contributed by atoms with van der Waals surface area (Å²) in [6.07, 6.45) is 1.42. The molecule has 1 aliphatic rings. The quantitative estimate of drug-likeness (QED) is 0.611. The van der Waals surface area contributed by atoms with Crippen LogP contribution in [0.5, 0.6) is 5.75 Å². The highest BCUT2D eigenvalue weighted by atomic mass is 16.5. The number of carbonyl (C=O) groups is 3. The summed E-state index contributed by atoms with van der Waals surface area (Å²) in [5, 5.41) is 5.64. The third-order valence-electron chi connectivity index (χ3n) is 5.27. The molecule has 0 aliphatic carbocycles. The minimum Gasteiger partial charge on any atom is -0.497 e. The standard InChI is InChI=1S/C25H23N3O4/c1-32-22-14-10-20(11-15-22)27-24(30)17-4-8-19(9-5-17)26-25(31)18-6-12-21(13-7-18)28-16-2-3-23(28)29/h4-15H,2-3,16H2,1H3,(H,26,31)(H,27,30). The van der Waals surface area contributed by atoms with Gasteiger partial charge in [-0.2, -0.15) is 0 Å². The van der Waals surface area contributed by atoms with Crippen LogP contribution in [-0.2, 0) is 4.79 Å². The van der Waals surface area contributed by atoms with Crippen LogP contribution in [0.3, 0.4) is 0 Å². The smallest absolute Gasteiger partial charge is 0.255 e. The molecule has 3 aromatic rings. The lowest BCUT2D eigenvalue weighted by molar-refractivity contribution is -0.117. The Morgan fingerprint density at radius 3 is 1.75 bits per heavy atom. The van der Waals surface area contributed by atoms with Crippen molar-refractivity contribution in [3.8, 4) is 5.75 Å². The monoisotopic (exact) mass is 429 g/mol. The Morgan fingerprint density at radius 2 is 1.28 bits per heavy atom. The minimum atomic E-state index is -0.264. The number of carbonyl (C=O) groups excluding carboxylic acids is 3. The Kier molecular flexibility index (Phi) is 6.17. The molecule has 4 rings (SSSR count). The van der Waals surface area contributed by atoms with Crippen molar-refractivity contribution in [3.05, 3.63) is 83.9 Å². The third kappa shape index (κ3) is 4.78. The van der Waals surface area contributed by atoms with Crippen molar-refractivity contribution in [1.29, 1.82) is 0 Å². The van der Waals surface area contributed by atoms with Gasteiger partial charge in [0, 0.05) is 41.2 Å². The predicted molar refractivity (Wildman–Crippen MR) is 123 cm³/mol. The number of amides is 3. The summed E-state index contributed by atoms with van der Waals surface area (Å²) in [6.45, 7) is 0.711. The third-order valence-corrected chi connectivity index (χ3v) is 5.27. The van der Waals surface area contributed by atoms with E-state index in [9.17, 15) is 14.4 Å². The van der Waals surface area contributed by atoms with Crippen LogP contribution in [0.4, 0.5) is 17.1 Å². The first kappa shape index (κ1) is 21.1. The van der Waals surface area contributed by atoms with E-state index in [-0.39, 0.29) is 17.7 Å². The van der Waals surface area contributed by atoms with Crippen molar-refractivity contribution in [1.82, 2.24) is 0 Å². The van der Waals surface area contributed by atoms with E-state index in [1.165, 1.54) is 0 Å². The molecule has 0 spiro atoms. The second kappa shape index (κ2) is 9.34. The van der Waals surface area contributed by atoms with Crippen LogP contribution in [0.25, 0.3) is 0 Å². The van der Waals surface area contributed by atoms with Gasteiger partial charge < -0.3 is 20.3 Å². The zero-order chi connectivity index (χ0) is 22.5. The van der Waals surface area contributed by atoms with Gasteiger partial charge in [0.05, 0.1) is 7.11 Å². The highest BCUT2D eigenvalue weighted by Crippen LogP contribution is 2.22. The number of ether oxygens (including phenoxy) is 1. The highest BCUT2D eigenvalue weighted by molar-refractivity contribution is 6.06. The van der Waals surface area contributed by atoms with Crippen LogP contribution < -0.4 is 20.3 Å². The fourth-order valence-electron chi connectivity index (χ4n) is 3.50. The van der Waals surface area contributed by atoms with E-state index in [0.717, 1.165) is 12.1 Å². The Labute approximate surface area is 186 Å². The summed E-state index contributed by atoms with van der Waals surface area (Å²) in [6, 6.07) is 20.7. The van der Waals surface area contributed by atoms with E-state index in [4.69, 9.17) is 4.74 Å². The molecule has 1 heterocycles. The maximum Gasteiger partial charge on any atom is 0.255 e. The van der Waals surface area contributed by atoms with Crippen LogP contribution in [0.15, 0.2) is 72.8 Å². The zero-order valence-electron chi connectivity index (χ0n) is 17.6. The van der Waals surface area contributed by atoms with E-state index in [1.54, 1.807) is 84.8 Å². The molecule has 2 N–H and O–H groups in total. The van der Waals surface area contributed by atoms with Crippen LogP contribution >= 0.6 is 0 Å². The van der Waals surface area contributed by atoms with Gasteiger partial charge in [-0.05, 0) is 79.2 Å². The molecule has 32 heavy (non-hydrogen) atoms. The first-order valence-electron chi connectivity index (χ1n) is 10.3. The zero-order valence-corrected chi connectivity index (χ0v) is 17.6. The van der Waals surface area contributed by atoms with E-state index >= 15 is 0 Å². The lowest BCUT2D eigenvalue weighted by atomic mass is 10.1. The van der Waals surface area contributed by atoms with Gasteiger partial charge >= 0.3 is 0 Å². The van der Waals surface area contributed by atoms with Crippen molar-refractivity contribution in [3.63, 3.8) is 0 Å². The second-order valence-electron chi connectivity index (χ2n) is 7.41. The molecule has 1 aliphatic heterocycles. The summed E-state index contributed by atoms with van der Waals surface area (Å²) in [5.41, 5.74) is 3.00. The maximum absolute atomic E-state index is 12.5. The molecule has 0 saturated carbocycles. The number of nitrogens with one attached hydrogen (secondary N) is 2. The Balaban J connectivity index is 1.35. The minimum absolute atomic E-state index is 0.110. The molecular weight excluding hydrogens is 406 g/mol. The van der Waals surface area contributed by atoms with Gasteiger partial charge in [-0.3, -0.25) is 14.4 Å². The average molecular weight is 429 g/mol. The van der Waals surface area contributed by atoms with Crippen LogP contribution in [-0.4, -0.2) is 31.4 Å². The van der Waals surface area contributed by atoms with Gasteiger partial charge in [0.15, 0.2) is 0 Å². The van der Waals surface area contributed by atoms with E-state index in [0.29, 0.717) is 41.2 Å². The summed E-state index contributed by atoms with van der Waals surface area (Å²) < 4.78 is 5.11. The number of benzene rings is 3. The molecule has 162 valence electrons. The number of hydrogen-bond donors (Lipinski definition) is 2. The van der Waals surface area contributed by atoms with Crippen molar-refractivity contribution < 1.29 is 19.1 Å². The maximum atomic E-state index is 12.5. The molecule has 1 fully saturated rings. The van der Waals surface area contributed by atoms with Crippen molar-refractivity contribution >= 4 is 34.8 Å². The Hall–Kier alpha value is -4.13. The van der Waals surface area contributed by atoms with E-state index in [1.807, 2.05) is 0 Å². The lowest BCUT2D eigenvalue weighted by Crippen LogP contribution is -2.23. The molecular formula is C25H23N3O4. The fraction of sp³-hybridized carbons (Fsp3) is 0.160. The normalized spacial score (nSPS) is 13.0.